The fourth-order valence-electron chi connectivity index (χ4n) is 2.68. The number of hydrogen-bond donors (Lipinski definition) is 0. The number of nitrogens with zero attached hydrogens (tertiary/aromatic N) is 2. The second-order valence-electron chi connectivity index (χ2n) is 5.50. The summed E-state index contributed by atoms with van der Waals surface area (Å²) in [6, 6.07) is 5.20. The van der Waals surface area contributed by atoms with Crippen LogP contribution in [0.1, 0.15) is 23.7 Å². The normalized spacial score (nSPS) is 15.3. The van der Waals surface area contributed by atoms with Crippen LogP contribution in [0.4, 0.5) is 0 Å². The number of carbonyl (C=O) groups excluding carboxylic acids is 2. The molecule has 126 valence electrons. The first-order valence-electron chi connectivity index (χ1n) is 7.84. The number of hydrogen-bond acceptors (Lipinski definition) is 5. The molecule has 0 spiro atoms. The van der Waals surface area contributed by atoms with Gasteiger partial charge in [-0.15, -0.1) is 0 Å². The van der Waals surface area contributed by atoms with Crippen LogP contribution in [-0.4, -0.2) is 68.4 Å². The van der Waals surface area contributed by atoms with Crippen LogP contribution in [0.15, 0.2) is 18.2 Å². The fourth-order valence-corrected chi connectivity index (χ4v) is 2.68. The minimum absolute atomic E-state index is 0.0428. The number of ketones is 1. The Morgan fingerprint density at radius 1 is 1.04 bits per heavy atom. The van der Waals surface area contributed by atoms with Gasteiger partial charge in [-0.2, -0.15) is 0 Å². The zero-order valence-corrected chi connectivity index (χ0v) is 14.0. The third-order valence-corrected chi connectivity index (χ3v) is 4.10. The summed E-state index contributed by atoms with van der Waals surface area (Å²) in [5.74, 6) is 1.38. The van der Waals surface area contributed by atoms with Gasteiger partial charge in [-0.25, -0.2) is 0 Å². The quantitative estimate of drug-likeness (QED) is 0.742. The molecule has 1 heterocycles. The van der Waals surface area contributed by atoms with Crippen LogP contribution in [0.3, 0.4) is 0 Å². The Bertz CT molecular complexity index is 566. The van der Waals surface area contributed by atoms with Gasteiger partial charge < -0.3 is 14.4 Å². The monoisotopic (exact) mass is 320 g/mol. The summed E-state index contributed by atoms with van der Waals surface area (Å²) in [4.78, 5) is 28.0. The number of amides is 1. The molecule has 1 aliphatic heterocycles. The van der Waals surface area contributed by atoms with Crippen LogP contribution in [0.5, 0.6) is 11.5 Å². The highest BCUT2D eigenvalue weighted by Gasteiger charge is 2.22. The van der Waals surface area contributed by atoms with Gasteiger partial charge in [0.1, 0.15) is 0 Å². The van der Waals surface area contributed by atoms with Gasteiger partial charge in [0.25, 0.3) is 0 Å². The molecule has 0 aliphatic carbocycles. The molecular formula is C17H24N2O4. The van der Waals surface area contributed by atoms with E-state index in [0.717, 1.165) is 13.1 Å². The molecule has 1 fully saturated rings. The van der Waals surface area contributed by atoms with Crippen molar-refractivity contribution in [2.75, 3.05) is 46.9 Å². The number of rotatable bonds is 6. The molecule has 1 saturated heterocycles. The molecule has 0 aromatic heterocycles. The first kappa shape index (κ1) is 17.3. The Hall–Kier alpha value is -2.08. The van der Waals surface area contributed by atoms with Crippen molar-refractivity contribution in [3.8, 4) is 11.5 Å². The Balaban J connectivity index is 1.94. The fraction of sp³-hybridized carbons (Fsp3) is 0.529. The van der Waals surface area contributed by atoms with Crippen LogP contribution in [0.25, 0.3) is 0 Å². The average molecular weight is 320 g/mol. The standard InChI is InChI=1S/C17H24N2O4/c1-4-17(21)19-9-7-18(8-10-19)12-14(20)13-5-6-15(22-2)16(11-13)23-3/h5-6,11H,4,7-10,12H2,1-3H3. The van der Waals surface area contributed by atoms with Gasteiger partial charge in [-0.05, 0) is 18.2 Å². The smallest absolute Gasteiger partial charge is 0.222 e. The molecular weight excluding hydrogens is 296 g/mol. The van der Waals surface area contributed by atoms with Crippen molar-refractivity contribution in [1.29, 1.82) is 0 Å². The van der Waals surface area contributed by atoms with E-state index in [4.69, 9.17) is 9.47 Å². The molecule has 0 atom stereocenters. The first-order chi connectivity index (χ1) is 11.1. The van der Waals surface area contributed by atoms with E-state index in [1.807, 2.05) is 11.8 Å². The minimum Gasteiger partial charge on any atom is -0.493 e. The number of piperazine rings is 1. The average Bonchev–Trinajstić information content (AvgIpc) is 2.60. The lowest BCUT2D eigenvalue weighted by atomic mass is 10.1. The molecule has 0 unspecified atom stereocenters. The Morgan fingerprint density at radius 3 is 2.26 bits per heavy atom. The molecule has 1 aromatic rings. The highest BCUT2D eigenvalue weighted by Crippen LogP contribution is 2.27. The maximum Gasteiger partial charge on any atom is 0.222 e. The lowest BCUT2D eigenvalue weighted by Gasteiger charge is -2.34. The van der Waals surface area contributed by atoms with E-state index >= 15 is 0 Å². The highest BCUT2D eigenvalue weighted by atomic mass is 16.5. The lowest BCUT2D eigenvalue weighted by Crippen LogP contribution is -2.49. The van der Waals surface area contributed by atoms with Gasteiger partial charge in [0.15, 0.2) is 17.3 Å². The van der Waals surface area contributed by atoms with Gasteiger partial charge in [-0.3, -0.25) is 14.5 Å². The largest absolute Gasteiger partial charge is 0.493 e. The Morgan fingerprint density at radius 2 is 1.70 bits per heavy atom. The van der Waals surface area contributed by atoms with Gasteiger partial charge in [-0.1, -0.05) is 6.92 Å². The molecule has 23 heavy (non-hydrogen) atoms. The van der Waals surface area contributed by atoms with Gasteiger partial charge in [0.05, 0.1) is 20.8 Å². The minimum atomic E-state index is 0.0428. The molecule has 1 amide bonds. The van der Waals surface area contributed by atoms with Crippen molar-refractivity contribution in [3.63, 3.8) is 0 Å². The van der Waals surface area contributed by atoms with Crippen molar-refractivity contribution in [1.82, 2.24) is 9.80 Å². The number of methoxy groups -OCH3 is 2. The molecule has 6 nitrogen and oxygen atoms in total. The molecule has 0 bridgehead atoms. The number of carbonyl (C=O) groups is 2. The van der Waals surface area contributed by atoms with Crippen LogP contribution >= 0.6 is 0 Å². The van der Waals surface area contributed by atoms with Gasteiger partial charge in [0.2, 0.25) is 5.91 Å². The molecule has 1 aliphatic rings. The van der Waals surface area contributed by atoms with Crippen molar-refractivity contribution in [2.24, 2.45) is 0 Å². The topological polar surface area (TPSA) is 59.1 Å². The highest BCUT2D eigenvalue weighted by molar-refractivity contribution is 5.98. The zero-order valence-electron chi connectivity index (χ0n) is 14.0. The van der Waals surface area contributed by atoms with E-state index in [1.54, 1.807) is 32.4 Å². The summed E-state index contributed by atoms with van der Waals surface area (Å²) in [5, 5.41) is 0. The summed E-state index contributed by atoms with van der Waals surface area (Å²) in [6.45, 7) is 5.05. The predicted molar refractivity (Wildman–Crippen MR) is 87.2 cm³/mol. The summed E-state index contributed by atoms with van der Waals surface area (Å²) < 4.78 is 10.4. The number of benzene rings is 1. The van der Waals surface area contributed by atoms with E-state index in [0.29, 0.717) is 43.1 Å². The number of Topliss-reactive ketones (excluding diaryl/α,β-unsaturated/α-hetero) is 1. The van der Waals surface area contributed by atoms with E-state index in [-0.39, 0.29) is 11.7 Å². The third-order valence-electron chi connectivity index (χ3n) is 4.10. The van der Waals surface area contributed by atoms with E-state index in [9.17, 15) is 9.59 Å². The number of ether oxygens (including phenoxy) is 2. The molecule has 6 heteroatoms. The van der Waals surface area contributed by atoms with E-state index in [1.165, 1.54) is 0 Å². The third kappa shape index (κ3) is 4.22. The van der Waals surface area contributed by atoms with E-state index < -0.39 is 0 Å². The van der Waals surface area contributed by atoms with Gasteiger partial charge >= 0.3 is 0 Å². The van der Waals surface area contributed by atoms with E-state index in [2.05, 4.69) is 4.90 Å². The summed E-state index contributed by atoms with van der Waals surface area (Å²) in [6.07, 6.45) is 0.532. The Labute approximate surface area is 137 Å². The van der Waals surface area contributed by atoms with Crippen LogP contribution in [0.2, 0.25) is 0 Å². The lowest BCUT2D eigenvalue weighted by molar-refractivity contribution is -0.132. The molecule has 0 radical (unpaired) electrons. The molecule has 1 aromatic carbocycles. The Kier molecular flexibility index (Phi) is 5.98. The summed E-state index contributed by atoms with van der Waals surface area (Å²) >= 11 is 0. The zero-order chi connectivity index (χ0) is 16.8. The second-order valence-corrected chi connectivity index (χ2v) is 5.50. The van der Waals surface area contributed by atoms with Crippen molar-refractivity contribution < 1.29 is 19.1 Å². The van der Waals surface area contributed by atoms with Crippen molar-refractivity contribution >= 4 is 11.7 Å². The SMILES string of the molecule is CCC(=O)N1CCN(CC(=O)c2ccc(OC)c(OC)c2)CC1. The first-order valence-corrected chi connectivity index (χ1v) is 7.84. The maximum atomic E-state index is 12.4. The maximum absolute atomic E-state index is 12.4. The summed E-state index contributed by atoms with van der Waals surface area (Å²) in [5.41, 5.74) is 0.606. The van der Waals surface area contributed by atoms with Crippen molar-refractivity contribution in [3.05, 3.63) is 23.8 Å². The molecule has 0 saturated carbocycles. The summed E-state index contributed by atoms with van der Waals surface area (Å²) in [7, 11) is 3.12. The predicted octanol–water partition coefficient (Wildman–Crippen LogP) is 1.44. The van der Waals surface area contributed by atoms with Crippen LogP contribution in [-0.2, 0) is 4.79 Å². The second kappa shape index (κ2) is 7.97. The van der Waals surface area contributed by atoms with Crippen molar-refractivity contribution in [2.45, 2.75) is 13.3 Å². The molecule has 0 N–H and O–H groups in total. The van der Waals surface area contributed by atoms with Gasteiger partial charge in [0, 0.05) is 38.2 Å². The van der Waals surface area contributed by atoms with Crippen LogP contribution in [0, 0.1) is 0 Å². The van der Waals surface area contributed by atoms with Crippen LogP contribution < -0.4 is 9.47 Å². The molecule has 2 rings (SSSR count).